The van der Waals surface area contributed by atoms with E-state index in [-0.39, 0.29) is 43.1 Å². The van der Waals surface area contributed by atoms with E-state index in [4.69, 9.17) is 9.57 Å². The van der Waals surface area contributed by atoms with Crippen molar-refractivity contribution < 1.29 is 45.8 Å². The summed E-state index contributed by atoms with van der Waals surface area (Å²) in [4.78, 5) is 54.2. The Morgan fingerprint density at radius 2 is 1.58 bits per heavy atom. The number of piperidine rings is 2. The zero-order chi connectivity index (χ0) is 38.4. The van der Waals surface area contributed by atoms with Crippen molar-refractivity contribution in [3.63, 3.8) is 0 Å². The molecule has 18 nitrogen and oxygen atoms in total. The zero-order valence-corrected chi connectivity index (χ0v) is 31.0. The Labute approximate surface area is 302 Å². The molecule has 2 atom stereocenters. The Kier molecular flexibility index (Phi) is 13.0. The van der Waals surface area contributed by atoms with E-state index >= 15 is 0 Å². The van der Waals surface area contributed by atoms with Gasteiger partial charge in [0.15, 0.2) is 4.90 Å². The van der Waals surface area contributed by atoms with E-state index in [9.17, 15) is 46.7 Å². The molecule has 2 heterocycles. The van der Waals surface area contributed by atoms with Crippen LogP contribution in [-0.2, 0) is 34.4 Å². The number of non-ortho nitro benzene ring substituents is 1. The molecule has 4 rings (SSSR count). The Morgan fingerprint density at radius 1 is 0.942 bits per heavy atom. The lowest BCUT2D eigenvalue weighted by Gasteiger charge is -2.41. The standard InChI is InChI=1S/C32H44N6O12S2/c1-5-6-21-49-38(51(45,46)26-14-11-24(12-15-26)36(41)42)25-13-16-28(35(22-25)52(47,48)29-10-8-7-9-27(29)37(43)44)30(39)33-23-17-19-34(20-18-23)31(40)50-32(2,3)4/h7-12,14-15,23,25,28H,5-6,13,16-22H2,1-4H3,(H,33,39)/t25-,28+/m1/s1. The van der Waals surface area contributed by atoms with Crippen LogP contribution in [0.3, 0.4) is 0 Å². The first kappa shape index (κ1) is 40.5. The third-order valence-electron chi connectivity index (χ3n) is 8.55. The van der Waals surface area contributed by atoms with Gasteiger partial charge in [0.25, 0.3) is 31.4 Å². The second-order valence-corrected chi connectivity index (χ2v) is 17.1. The molecule has 0 unspecified atom stereocenters. The third-order valence-corrected chi connectivity index (χ3v) is 12.2. The van der Waals surface area contributed by atoms with Crippen LogP contribution in [0.15, 0.2) is 58.3 Å². The van der Waals surface area contributed by atoms with Crippen molar-refractivity contribution >= 4 is 43.4 Å². The molecule has 0 saturated carbocycles. The van der Waals surface area contributed by atoms with Crippen molar-refractivity contribution in [3.05, 3.63) is 68.8 Å². The number of hydrogen-bond acceptors (Lipinski definition) is 12. The van der Waals surface area contributed by atoms with Gasteiger partial charge in [0.2, 0.25) is 5.91 Å². The molecule has 2 aliphatic heterocycles. The van der Waals surface area contributed by atoms with E-state index in [2.05, 4.69) is 5.32 Å². The average Bonchev–Trinajstić information content (AvgIpc) is 3.09. The maximum atomic E-state index is 14.3. The smallest absolute Gasteiger partial charge is 0.410 e. The highest BCUT2D eigenvalue weighted by molar-refractivity contribution is 7.89. The molecular weight excluding hydrogens is 725 g/mol. The van der Waals surface area contributed by atoms with Crippen LogP contribution < -0.4 is 5.32 Å². The van der Waals surface area contributed by atoms with Crippen LogP contribution in [0.25, 0.3) is 0 Å². The van der Waals surface area contributed by atoms with Crippen LogP contribution >= 0.6 is 0 Å². The highest BCUT2D eigenvalue weighted by Crippen LogP contribution is 2.34. The van der Waals surface area contributed by atoms with Gasteiger partial charge in [-0.25, -0.2) is 21.6 Å². The second-order valence-electron chi connectivity index (χ2n) is 13.5. The van der Waals surface area contributed by atoms with Crippen molar-refractivity contribution in [1.29, 1.82) is 0 Å². The normalized spacial score (nSPS) is 19.3. The number of rotatable bonds is 13. The first-order valence-electron chi connectivity index (χ1n) is 16.8. The lowest BCUT2D eigenvalue weighted by Crippen LogP contribution is -2.60. The minimum atomic E-state index is -4.82. The van der Waals surface area contributed by atoms with Crippen molar-refractivity contribution in [2.24, 2.45) is 0 Å². The van der Waals surface area contributed by atoms with E-state index in [1.54, 1.807) is 20.8 Å². The number of nitro groups is 2. The topological polar surface area (TPSA) is 229 Å². The molecule has 0 aromatic heterocycles. The predicted octanol–water partition coefficient (Wildman–Crippen LogP) is 3.96. The molecule has 2 aromatic rings. The fourth-order valence-electron chi connectivity index (χ4n) is 5.92. The summed E-state index contributed by atoms with van der Waals surface area (Å²) in [6.07, 6.45) is 1.05. The van der Waals surface area contributed by atoms with Gasteiger partial charge in [-0.2, -0.15) is 4.31 Å². The van der Waals surface area contributed by atoms with Crippen molar-refractivity contribution in [3.8, 4) is 0 Å². The number of likely N-dealkylation sites (tertiary alicyclic amines) is 1. The number of para-hydroxylation sites is 1. The van der Waals surface area contributed by atoms with E-state index < -0.39 is 82.7 Å². The van der Waals surface area contributed by atoms with Crippen LogP contribution in [0.4, 0.5) is 16.2 Å². The molecule has 0 bridgehead atoms. The molecule has 2 amide bonds. The summed E-state index contributed by atoms with van der Waals surface area (Å²) in [6, 6.07) is 5.75. The predicted molar refractivity (Wildman–Crippen MR) is 186 cm³/mol. The molecule has 52 heavy (non-hydrogen) atoms. The van der Waals surface area contributed by atoms with Crippen LogP contribution in [0.5, 0.6) is 0 Å². The summed E-state index contributed by atoms with van der Waals surface area (Å²) in [6.45, 7) is 6.97. The van der Waals surface area contributed by atoms with E-state index in [0.29, 0.717) is 30.2 Å². The van der Waals surface area contributed by atoms with E-state index in [1.165, 1.54) is 17.0 Å². The lowest BCUT2D eigenvalue weighted by molar-refractivity contribution is -0.387. The van der Waals surface area contributed by atoms with Crippen molar-refractivity contribution in [1.82, 2.24) is 19.0 Å². The van der Waals surface area contributed by atoms with E-state index in [1.807, 2.05) is 6.92 Å². The number of benzene rings is 2. The van der Waals surface area contributed by atoms with Gasteiger partial charge in [-0.15, -0.1) is 0 Å². The fourth-order valence-corrected chi connectivity index (χ4v) is 9.20. The maximum absolute atomic E-state index is 14.3. The lowest BCUT2D eigenvalue weighted by atomic mass is 9.99. The quantitative estimate of drug-likeness (QED) is 0.173. The summed E-state index contributed by atoms with van der Waals surface area (Å²) >= 11 is 0. The zero-order valence-electron chi connectivity index (χ0n) is 29.4. The molecule has 0 aliphatic carbocycles. The van der Waals surface area contributed by atoms with Crippen LogP contribution in [-0.4, -0.2) is 102 Å². The summed E-state index contributed by atoms with van der Waals surface area (Å²) < 4.78 is 63.4. The maximum Gasteiger partial charge on any atom is 0.410 e. The molecule has 2 aromatic carbocycles. The fraction of sp³-hybridized carbons (Fsp3) is 0.562. The highest BCUT2D eigenvalue weighted by Gasteiger charge is 2.47. The number of nitrogens with zero attached hydrogens (tertiary/aromatic N) is 5. The summed E-state index contributed by atoms with van der Waals surface area (Å²) in [5.41, 5.74) is -1.77. The Bertz CT molecular complexity index is 1840. The molecule has 2 saturated heterocycles. The van der Waals surface area contributed by atoms with Gasteiger partial charge >= 0.3 is 6.09 Å². The van der Waals surface area contributed by atoms with Crippen molar-refractivity contribution in [2.75, 3.05) is 26.2 Å². The SMILES string of the molecule is CCCCON([C@@H]1CC[C@@H](C(=O)NC2CCN(C(=O)OC(C)(C)C)CC2)N(S(=O)(=O)c2ccccc2[N+](=O)[O-])C1)S(=O)(=O)c1ccc([N+](=O)[O-])cc1. The van der Waals surface area contributed by atoms with Gasteiger partial charge in [-0.05, 0) is 71.1 Å². The van der Waals surface area contributed by atoms with Gasteiger partial charge in [-0.1, -0.05) is 29.9 Å². The number of hydrogen-bond donors (Lipinski definition) is 1. The summed E-state index contributed by atoms with van der Waals surface area (Å²) in [5, 5.41) is 26.0. The number of nitro benzene ring substituents is 2. The minimum absolute atomic E-state index is 0.0452. The Balaban J connectivity index is 1.65. The highest BCUT2D eigenvalue weighted by atomic mass is 32.2. The molecule has 20 heteroatoms. The number of carbonyl (C=O) groups is 2. The summed E-state index contributed by atoms with van der Waals surface area (Å²) in [5.74, 6) is -0.687. The first-order valence-corrected chi connectivity index (χ1v) is 19.7. The molecular formula is C32H44N6O12S2. The Morgan fingerprint density at radius 3 is 2.15 bits per heavy atom. The van der Waals surface area contributed by atoms with Crippen molar-refractivity contribution in [2.45, 2.75) is 99.7 Å². The number of ether oxygens (including phenoxy) is 1. The number of sulfonamides is 2. The number of amides is 2. The summed E-state index contributed by atoms with van der Waals surface area (Å²) in [7, 11) is -9.36. The van der Waals surface area contributed by atoms with Gasteiger partial charge in [0.05, 0.1) is 27.4 Å². The molecule has 0 spiro atoms. The van der Waals surface area contributed by atoms with Crippen LogP contribution in [0, 0.1) is 20.2 Å². The average molecular weight is 769 g/mol. The molecule has 2 fully saturated rings. The van der Waals surface area contributed by atoms with Crippen LogP contribution in [0.2, 0.25) is 0 Å². The van der Waals surface area contributed by atoms with Crippen LogP contribution in [0.1, 0.15) is 66.2 Å². The number of carbonyl (C=O) groups excluding carboxylic acids is 2. The monoisotopic (exact) mass is 768 g/mol. The minimum Gasteiger partial charge on any atom is -0.444 e. The number of hydroxylamine groups is 1. The first-order chi connectivity index (χ1) is 24.4. The Hall–Kier alpha value is -4.24. The number of nitrogens with one attached hydrogen (secondary N) is 1. The largest absolute Gasteiger partial charge is 0.444 e. The number of unbranched alkanes of at least 4 members (excludes halogenated alkanes) is 1. The second kappa shape index (κ2) is 16.6. The third kappa shape index (κ3) is 9.59. The van der Waals surface area contributed by atoms with E-state index in [0.717, 1.165) is 40.7 Å². The van der Waals surface area contributed by atoms with Gasteiger partial charge in [0, 0.05) is 43.9 Å². The molecule has 0 radical (unpaired) electrons. The van der Waals surface area contributed by atoms with Gasteiger partial charge in [0.1, 0.15) is 11.6 Å². The van der Waals surface area contributed by atoms with Gasteiger partial charge < -0.3 is 15.0 Å². The van der Waals surface area contributed by atoms with Gasteiger partial charge in [-0.3, -0.25) is 29.9 Å². The molecule has 286 valence electrons. The molecule has 2 aliphatic rings. The molecule has 1 N–H and O–H groups in total.